The Balaban J connectivity index is 2.35. The van der Waals surface area contributed by atoms with Crippen molar-refractivity contribution in [3.8, 4) is 0 Å². The maximum absolute atomic E-state index is 12.9. The number of hydrogen-bond acceptors (Lipinski definition) is 2. The van der Waals surface area contributed by atoms with Crippen molar-refractivity contribution in [3.05, 3.63) is 50.8 Å². The Bertz CT molecular complexity index is 825. The number of H-pyrrole nitrogens is 1. The molecule has 2 rings (SSSR count). The number of carbonyl (C=O) groups excluding carboxylic acids is 2. The minimum absolute atomic E-state index is 0.00607. The standard InChI is InChI=1S/C16H14BrF3N2O2/c1-7-13(9(3)23)8(2)21-14(7)15(24)22-10-4-5-12(17)11(6-10)16(18,19)20/h4-6,21H,1-3H3,(H,22,24). The highest BCUT2D eigenvalue weighted by Crippen LogP contribution is 2.36. The summed E-state index contributed by atoms with van der Waals surface area (Å²) in [6, 6.07) is 3.42. The fourth-order valence-electron chi connectivity index (χ4n) is 2.52. The van der Waals surface area contributed by atoms with E-state index in [0.29, 0.717) is 16.8 Å². The van der Waals surface area contributed by atoms with E-state index in [1.807, 2.05) is 0 Å². The smallest absolute Gasteiger partial charge is 0.354 e. The number of alkyl halides is 3. The minimum Gasteiger partial charge on any atom is -0.354 e. The summed E-state index contributed by atoms with van der Waals surface area (Å²) < 4.78 is 38.6. The summed E-state index contributed by atoms with van der Waals surface area (Å²) in [5.41, 5.74) is 0.680. The van der Waals surface area contributed by atoms with Gasteiger partial charge in [-0.05, 0) is 44.5 Å². The van der Waals surface area contributed by atoms with E-state index in [9.17, 15) is 22.8 Å². The zero-order valence-electron chi connectivity index (χ0n) is 13.1. The van der Waals surface area contributed by atoms with Crippen molar-refractivity contribution in [3.63, 3.8) is 0 Å². The molecule has 0 saturated carbocycles. The molecule has 128 valence electrons. The summed E-state index contributed by atoms with van der Waals surface area (Å²) in [6.45, 7) is 4.65. The van der Waals surface area contributed by atoms with Crippen molar-refractivity contribution in [1.82, 2.24) is 4.98 Å². The molecule has 8 heteroatoms. The van der Waals surface area contributed by atoms with Gasteiger partial charge in [0.25, 0.3) is 5.91 Å². The third-order valence-electron chi connectivity index (χ3n) is 3.55. The van der Waals surface area contributed by atoms with Gasteiger partial charge in [0.1, 0.15) is 5.69 Å². The molecule has 0 spiro atoms. The Kier molecular flexibility index (Phi) is 4.89. The first-order valence-electron chi connectivity index (χ1n) is 6.90. The second-order valence-corrected chi connectivity index (χ2v) is 6.18. The van der Waals surface area contributed by atoms with E-state index in [1.165, 1.54) is 19.1 Å². The van der Waals surface area contributed by atoms with Crippen molar-refractivity contribution in [1.29, 1.82) is 0 Å². The molecule has 0 aliphatic carbocycles. The molecule has 0 bridgehead atoms. The van der Waals surface area contributed by atoms with Crippen LogP contribution in [-0.2, 0) is 6.18 Å². The number of ketones is 1. The molecule has 0 fully saturated rings. The summed E-state index contributed by atoms with van der Waals surface area (Å²) >= 11 is 2.84. The summed E-state index contributed by atoms with van der Waals surface area (Å²) in [7, 11) is 0. The lowest BCUT2D eigenvalue weighted by atomic mass is 10.1. The monoisotopic (exact) mass is 402 g/mol. The zero-order valence-corrected chi connectivity index (χ0v) is 14.6. The van der Waals surface area contributed by atoms with E-state index in [-0.39, 0.29) is 21.6 Å². The molecular weight excluding hydrogens is 389 g/mol. The molecule has 0 saturated heterocycles. The summed E-state index contributed by atoms with van der Waals surface area (Å²) in [5, 5.41) is 2.42. The molecule has 0 unspecified atom stereocenters. The number of aromatic nitrogens is 1. The molecule has 1 aromatic carbocycles. The normalized spacial score (nSPS) is 11.5. The number of benzene rings is 1. The first kappa shape index (κ1) is 18.3. The Morgan fingerprint density at radius 2 is 1.83 bits per heavy atom. The van der Waals surface area contributed by atoms with Crippen molar-refractivity contribution < 1.29 is 22.8 Å². The molecule has 0 radical (unpaired) electrons. The van der Waals surface area contributed by atoms with E-state index in [4.69, 9.17) is 0 Å². The van der Waals surface area contributed by atoms with Crippen LogP contribution in [0, 0.1) is 13.8 Å². The van der Waals surface area contributed by atoms with Crippen LogP contribution in [0.1, 0.15) is 44.6 Å². The largest absolute Gasteiger partial charge is 0.417 e. The molecule has 4 nitrogen and oxygen atoms in total. The van der Waals surface area contributed by atoms with E-state index in [2.05, 4.69) is 26.2 Å². The summed E-state index contributed by atoms with van der Waals surface area (Å²) in [5.74, 6) is -0.804. The minimum atomic E-state index is -4.54. The van der Waals surface area contributed by atoms with Crippen molar-refractivity contribution in [2.75, 3.05) is 5.32 Å². The van der Waals surface area contributed by atoms with Crippen LogP contribution in [0.15, 0.2) is 22.7 Å². The predicted molar refractivity (Wildman–Crippen MR) is 87.4 cm³/mol. The number of anilines is 1. The van der Waals surface area contributed by atoms with Gasteiger partial charge >= 0.3 is 6.18 Å². The van der Waals surface area contributed by atoms with Gasteiger partial charge in [-0.25, -0.2) is 0 Å². The lowest BCUT2D eigenvalue weighted by molar-refractivity contribution is -0.138. The van der Waals surface area contributed by atoms with Crippen LogP contribution in [-0.4, -0.2) is 16.7 Å². The Morgan fingerprint density at radius 1 is 1.21 bits per heavy atom. The molecule has 1 heterocycles. The highest BCUT2D eigenvalue weighted by Gasteiger charge is 2.33. The van der Waals surface area contributed by atoms with E-state index in [0.717, 1.165) is 6.07 Å². The number of aryl methyl sites for hydroxylation is 1. The SMILES string of the molecule is CC(=O)c1c(C)[nH]c(C(=O)Nc2ccc(Br)c(C(F)(F)F)c2)c1C. The van der Waals surface area contributed by atoms with Gasteiger partial charge in [-0.15, -0.1) is 0 Å². The summed E-state index contributed by atoms with van der Waals surface area (Å²) in [4.78, 5) is 26.7. The van der Waals surface area contributed by atoms with Gasteiger partial charge in [0.15, 0.2) is 5.78 Å². The fourth-order valence-corrected chi connectivity index (χ4v) is 2.99. The van der Waals surface area contributed by atoms with Gasteiger partial charge in [0.05, 0.1) is 5.56 Å². The van der Waals surface area contributed by atoms with Crippen LogP contribution < -0.4 is 5.32 Å². The topological polar surface area (TPSA) is 62.0 Å². The van der Waals surface area contributed by atoms with Gasteiger partial charge in [-0.3, -0.25) is 9.59 Å². The predicted octanol–water partition coefficient (Wildman–Crippen LogP) is 4.87. The third kappa shape index (κ3) is 3.53. The number of carbonyl (C=O) groups is 2. The van der Waals surface area contributed by atoms with Crippen LogP contribution in [0.5, 0.6) is 0 Å². The second-order valence-electron chi connectivity index (χ2n) is 5.33. The summed E-state index contributed by atoms with van der Waals surface area (Å²) in [6.07, 6.45) is -4.54. The number of hydrogen-bond donors (Lipinski definition) is 2. The average Bonchev–Trinajstić information content (AvgIpc) is 2.75. The molecule has 1 aromatic heterocycles. The maximum Gasteiger partial charge on any atom is 0.417 e. The Labute approximate surface area is 144 Å². The number of amides is 1. The van der Waals surface area contributed by atoms with Gasteiger partial charge in [0.2, 0.25) is 0 Å². The quantitative estimate of drug-likeness (QED) is 0.719. The number of rotatable bonds is 3. The van der Waals surface area contributed by atoms with Gasteiger partial charge in [-0.1, -0.05) is 15.9 Å². The number of halogens is 4. The molecule has 24 heavy (non-hydrogen) atoms. The number of nitrogens with one attached hydrogen (secondary N) is 2. The van der Waals surface area contributed by atoms with E-state index in [1.54, 1.807) is 13.8 Å². The van der Waals surface area contributed by atoms with E-state index < -0.39 is 17.6 Å². The molecule has 2 N–H and O–H groups in total. The lowest BCUT2D eigenvalue weighted by Crippen LogP contribution is -2.15. The highest BCUT2D eigenvalue weighted by atomic mass is 79.9. The van der Waals surface area contributed by atoms with Crippen LogP contribution >= 0.6 is 15.9 Å². The van der Waals surface area contributed by atoms with Gasteiger partial charge in [0, 0.05) is 21.4 Å². The molecule has 1 amide bonds. The van der Waals surface area contributed by atoms with Crippen molar-refractivity contribution in [2.24, 2.45) is 0 Å². The first-order valence-corrected chi connectivity index (χ1v) is 7.70. The van der Waals surface area contributed by atoms with Gasteiger partial charge in [-0.2, -0.15) is 13.2 Å². The van der Waals surface area contributed by atoms with Gasteiger partial charge < -0.3 is 10.3 Å². The zero-order chi connectivity index (χ0) is 18.2. The molecule has 0 aliphatic rings. The number of aromatic amines is 1. The second kappa shape index (κ2) is 6.43. The van der Waals surface area contributed by atoms with Crippen molar-refractivity contribution >= 4 is 33.3 Å². The third-order valence-corrected chi connectivity index (χ3v) is 4.24. The molecule has 0 aliphatic heterocycles. The Morgan fingerprint density at radius 3 is 2.33 bits per heavy atom. The van der Waals surface area contributed by atoms with Crippen LogP contribution in [0.4, 0.5) is 18.9 Å². The number of Topliss-reactive ketones (excluding diaryl/α,β-unsaturated/α-hetero) is 1. The fraction of sp³-hybridized carbons (Fsp3) is 0.250. The highest BCUT2D eigenvalue weighted by molar-refractivity contribution is 9.10. The van der Waals surface area contributed by atoms with Crippen molar-refractivity contribution in [2.45, 2.75) is 26.9 Å². The van der Waals surface area contributed by atoms with Crippen LogP contribution in [0.25, 0.3) is 0 Å². The van der Waals surface area contributed by atoms with Crippen LogP contribution in [0.3, 0.4) is 0 Å². The van der Waals surface area contributed by atoms with Crippen LogP contribution in [0.2, 0.25) is 0 Å². The Hall–Kier alpha value is -2.09. The lowest BCUT2D eigenvalue weighted by Gasteiger charge is -2.12. The maximum atomic E-state index is 12.9. The average molecular weight is 403 g/mol. The molecule has 2 aromatic rings. The van der Waals surface area contributed by atoms with E-state index >= 15 is 0 Å². The molecular formula is C16H14BrF3N2O2. The molecule has 0 atom stereocenters. The first-order chi connectivity index (χ1) is 11.0.